The normalized spacial score (nSPS) is 16.5. The van der Waals surface area contributed by atoms with Crippen molar-refractivity contribution in [2.45, 2.75) is 32.9 Å². The minimum absolute atomic E-state index is 0.164. The van der Waals surface area contributed by atoms with E-state index < -0.39 is 69.9 Å². The Labute approximate surface area is 171 Å². The lowest BCUT2D eigenvalue weighted by molar-refractivity contribution is -0.298. The third-order valence-corrected chi connectivity index (χ3v) is 4.27. The Balaban J connectivity index is 4.98. The lowest BCUT2D eigenvalue weighted by Crippen LogP contribution is -2.43. The van der Waals surface area contributed by atoms with Gasteiger partial charge in [0.2, 0.25) is 0 Å². The van der Waals surface area contributed by atoms with Crippen LogP contribution in [0.15, 0.2) is 0 Å². The third kappa shape index (κ3) is 12.9. The van der Waals surface area contributed by atoms with Crippen LogP contribution in [0.3, 0.4) is 0 Å². The van der Waals surface area contributed by atoms with E-state index in [1.165, 1.54) is 6.92 Å². The number of hydrogen-bond acceptors (Lipinski definition) is 8. The molecule has 0 rings (SSSR count). The molecule has 0 radical (unpaired) electrons. The van der Waals surface area contributed by atoms with Crippen LogP contribution in [-0.2, 0) is 38.4 Å². The molecule has 0 aliphatic heterocycles. The van der Waals surface area contributed by atoms with Crippen molar-refractivity contribution in [1.82, 2.24) is 0 Å². The molecule has 1 atom stereocenters. The fourth-order valence-corrected chi connectivity index (χ4v) is 2.70. The fourth-order valence-electron chi connectivity index (χ4n) is 1.73. The molecule has 0 saturated carbocycles. The summed E-state index contributed by atoms with van der Waals surface area (Å²) in [5.41, 5.74) is -2.43. The first-order valence-electron chi connectivity index (χ1n) is 8.14. The Morgan fingerprint density at radius 3 is 1.60 bits per heavy atom. The van der Waals surface area contributed by atoms with E-state index in [1.807, 2.05) is 0 Å². The minimum atomic E-state index is -5.84. The van der Waals surface area contributed by atoms with E-state index in [0.29, 0.717) is 0 Å². The smallest absolute Gasteiger partial charge is 0.380 e. The van der Waals surface area contributed by atoms with Crippen molar-refractivity contribution in [3.63, 3.8) is 0 Å². The van der Waals surface area contributed by atoms with Crippen molar-refractivity contribution in [3.8, 4) is 0 Å². The van der Waals surface area contributed by atoms with E-state index in [4.69, 9.17) is 9.29 Å². The van der Waals surface area contributed by atoms with Crippen LogP contribution in [0.5, 0.6) is 0 Å². The van der Waals surface area contributed by atoms with Gasteiger partial charge in [0.05, 0.1) is 39.3 Å². The molecule has 1 N–H and O–H groups in total. The molecular weight excluding hydrogens is 471 g/mol. The summed E-state index contributed by atoms with van der Waals surface area (Å²) < 4.78 is 133. The molecule has 0 heterocycles. The maximum absolute atomic E-state index is 13.0. The molecule has 30 heavy (non-hydrogen) atoms. The summed E-state index contributed by atoms with van der Waals surface area (Å²) in [7, 11) is -8.67. The molecule has 16 heteroatoms. The van der Waals surface area contributed by atoms with Crippen molar-refractivity contribution in [2.24, 2.45) is 10.8 Å². The maximum atomic E-state index is 13.0. The van der Waals surface area contributed by atoms with Gasteiger partial charge in [-0.3, -0.25) is 8.74 Å². The summed E-state index contributed by atoms with van der Waals surface area (Å²) in [6.45, 7) is -0.299. The zero-order valence-electron chi connectivity index (χ0n) is 16.7. The highest BCUT2D eigenvalue weighted by Gasteiger charge is 2.57. The highest BCUT2D eigenvalue weighted by molar-refractivity contribution is 7.86. The van der Waals surface area contributed by atoms with Crippen LogP contribution in [0, 0.1) is 10.8 Å². The van der Waals surface area contributed by atoms with Gasteiger partial charge in [0, 0.05) is 10.8 Å². The van der Waals surface area contributed by atoms with Gasteiger partial charge in [-0.05, 0) is 0 Å². The largest absolute Gasteiger partial charge is 0.455 e. The Hall–Kier alpha value is -0.650. The highest BCUT2D eigenvalue weighted by atomic mass is 32.3. The van der Waals surface area contributed by atoms with Crippen molar-refractivity contribution in [3.05, 3.63) is 0 Å². The molecule has 0 bridgehead atoms. The van der Waals surface area contributed by atoms with E-state index in [9.17, 15) is 38.8 Å². The second kappa shape index (κ2) is 10.3. The molecule has 0 aliphatic rings. The SMILES string of the molecule is CC(C)(COCC(C)(COCC(F)(F)C(F)(F)F)COS(=O)(=O)O)COS(C)(=O)=O. The molecule has 1 unspecified atom stereocenters. The van der Waals surface area contributed by atoms with Crippen LogP contribution in [0.1, 0.15) is 20.8 Å². The van der Waals surface area contributed by atoms with E-state index in [1.54, 1.807) is 13.8 Å². The van der Waals surface area contributed by atoms with E-state index in [0.717, 1.165) is 6.26 Å². The van der Waals surface area contributed by atoms with Crippen LogP contribution < -0.4 is 0 Å². The lowest BCUT2D eigenvalue weighted by atomic mass is 9.93. The predicted octanol–water partition coefficient (Wildman–Crippen LogP) is 2.05. The van der Waals surface area contributed by atoms with Gasteiger partial charge in [0.1, 0.15) is 6.61 Å². The molecule has 182 valence electrons. The van der Waals surface area contributed by atoms with Crippen LogP contribution in [0.2, 0.25) is 0 Å². The van der Waals surface area contributed by atoms with E-state index in [2.05, 4.69) is 13.1 Å². The summed E-state index contributed by atoms with van der Waals surface area (Å²) >= 11 is 0. The summed E-state index contributed by atoms with van der Waals surface area (Å²) in [4.78, 5) is 0. The summed E-state index contributed by atoms with van der Waals surface area (Å²) in [6.07, 6.45) is -5.00. The second-order valence-electron chi connectivity index (χ2n) is 7.82. The number of alkyl halides is 5. The molecule has 9 nitrogen and oxygen atoms in total. The number of halogens is 5. The van der Waals surface area contributed by atoms with Gasteiger partial charge in [-0.25, -0.2) is 4.18 Å². The molecule has 0 spiro atoms. The van der Waals surface area contributed by atoms with Gasteiger partial charge in [-0.15, -0.1) is 0 Å². The zero-order chi connectivity index (χ0) is 24.1. The second-order valence-corrected chi connectivity index (χ2v) is 10.6. The molecule has 0 fully saturated rings. The first kappa shape index (κ1) is 29.4. The van der Waals surface area contributed by atoms with Gasteiger partial charge in [-0.2, -0.15) is 38.8 Å². The third-order valence-electron chi connectivity index (χ3n) is 3.31. The molecular formula is C14H25F5O9S2. The van der Waals surface area contributed by atoms with Gasteiger partial charge in [-0.1, -0.05) is 20.8 Å². The molecule has 0 amide bonds. The summed E-state index contributed by atoms with van der Waals surface area (Å²) in [5, 5.41) is 0. The Morgan fingerprint density at radius 2 is 1.20 bits per heavy atom. The van der Waals surface area contributed by atoms with Crippen molar-refractivity contribution in [1.29, 1.82) is 0 Å². The first-order valence-corrected chi connectivity index (χ1v) is 11.3. The molecule has 0 aliphatic carbocycles. The Bertz CT molecular complexity index is 750. The van der Waals surface area contributed by atoms with Crippen LogP contribution >= 0.6 is 0 Å². The minimum Gasteiger partial charge on any atom is -0.380 e. The number of hydrogen-bond donors (Lipinski definition) is 1. The summed E-state index contributed by atoms with van der Waals surface area (Å²) in [5.74, 6) is -5.14. The quantitative estimate of drug-likeness (QED) is 0.218. The first-order chi connectivity index (χ1) is 13.1. The van der Waals surface area contributed by atoms with Gasteiger partial charge in [0.15, 0.2) is 0 Å². The van der Waals surface area contributed by atoms with Crippen LogP contribution in [0.4, 0.5) is 22.0 Å². The Kier molecular flexibility index (Phi) is 10.1. The number of ether oxygens (including phenoxy) is 2. The monoisotopic (exact) mass is 496 g/mol. The maximum Gasteiger partial charge on any atom is 0.455 e. The fraction of sp³-hybridized carbons (Fsp3) is 1.00. The molecule has 0 saturated heterocycles. The molecule has 0 aromatic heterocycles. The molecule has 0 aromatic carbocycles. The van der Waals surface area contributed by atoms with Gasteiger partial charge in [0.25, 0.3) is 10.1 Å². The highest BCUT2D eigenvalue weighted by Crippen LogP contribution is 2.36. The average molecular weight is 496 g/mol. The van der Waals surface area contributed by atoms with Crippen LogP contribution in [-0.4, -0.2) is 79.4 Å². The van der Waals surface area contributed by atoms with Gasteiger partial charge < -0.3 is 9.47 Å². The standard InChI is InChI=1S/C14H25F5O9S2/c1-11(2,6-27-29(4,20)21)5-25-7-12(3,9-28-30(22,23)24)8-26-10-13(15,16)14(17,18)19/h5-10H2,1-4H3,(H,22,23,24). The predicted molar refractivity (Wildman–Crippen MR) is 92.8 cm³/mol. The Morgan fingerprint density at radius 1 is 0.733 bits per heavy atom. The molecule has 0 aromatic rings. The van der Waals surface area contributed by atoms with Crippen molar-refractivity contribution >= 4 is 20.5 Å². The lowest BCUT2D eigenvalue weighted by Gasteiger charge is -2.31. The van der Waals surface area contributed by atoms with Crippen LogP contribution in [0.25, 0.3) is 0 Å². The van der Waals surface area contributed by atoms with E-state index >= 15 is 0 Å². The van der Waals surface area contributed by atoms with Gasteiger partial charge >= 0.3 is 22.5 Å². The van der Waals surface area contributed by atoms with Crippen molar-refractivity contribution < 1.29 is 61.2 Å². The summed E-state index contributed by atoms with van der Waals surface area (Å²) in [6, 6.07) is 0. The van der Waals surface area contributed by atoms with Crippen molar-refractivity contribution in [2.75, 3.05) is 45.9 Å². The zero-order valence-corrected chi connectivity index (χ0v) is 18.3. The number of rotatable bonds is 14. The topological polar surface area (TPSA) is 125 Å². The average Bonchev–Trinajstić information content (AvgIpc) is 2.49. The van der Waals surface area contributed by atoms with E-state index in [-0.39, 0.29) is 13.2 Å².